The number of nitriles is 1. The van der Waals surface area contributed by atoms with Gasteiger partial charge in [-0.05, 0) is 49.6 Å². The van der Waals surface area contributed by atoms with E-state index in [0.717, 1.165) is 37.3 Å². The molecule has 1 saturated heterocycles. The molecule has 3 aromatic rings. The number of aromatic nitrogens is 3. The van der Waals surface area contributed by atoms with Crippen LogP contribution in [0.3, 0.4) is 0 Å². The number of piperazine rings is 1. The van der Waals surface area contributed by atoms with Crippen molar-refractivity contribution in [3.8, 4) is 28.9 Å². The van der Waals surface area contributed by atoms with Crippen LogP contribution in [0.15, 0.2) is 42.7 Å². The molecule has 33 heavy (non-hydrogen) atoms. The summed E-state index contributed by atoms with van der Waals surface area (Å²) >= 11 is 0. The Morgan fingerprint density at radius 1 is 1.15 bits per heavy atom. The molecule has 0 atom stereocenters. The Balaban J connectivity index is 1.29. The highest BCUT2D eigenvalue weighted by molar-refractivity contribution is 5.94. The summed E-state index contributed by atoms with van der Waals surface area (Å²) < 4.78 is 1.49. The average molecular weight is 443 g/mol. The smallest absolute Gasteiger partial charge is 0.255 e. The lowest BCUT2D eigenvalue weighted by Gasteiger charge is -2.42. The van der Waals surface area contributed by atoms with Gasteiger partial charge in [-0.3, -0.25) is 9.69 Å². The van der Waals surface area contributed by atoms with Crippen LogP contribution in [-0.4, -0.2) is 67.8 Å². The molecule has 2 aliphatic rings. The quantitative estimate of drug-likeness (QED) is 0.667. The molecule has 0 radical (unpaired) electrons. The zero-order valence-corrected chi connectivity index (χ0v) is 18.6. The summed E-state index contributed by atoms with van der Waals surface area (Å²) in [5.74, 6) is 0.526. The summed E-state index contributed by atoms with van der Waals surface area (Å²) in [6.07, 6.45) is 6.96. The van der Waals surface area contributed by atoms with Crippen LogP contribution in [-0.2, 0) is 0 Å². The van der Waals surface area contributed by atoms with Gasteiger partial charge < -0.3 is 10.0 Å². The Bertz CT molecular complexity index is 1210. The van der Waals surface area contributed by atoms with Crippen LogP contribution >= 0.6 is 0 Å². The Kier molecular flexibility index (Phi) is 5.56. The summed E-state index contributed by atoms with van der Waals surface area (Å²) in [7, 11) is 0. The van der Waals surface area contributed by atoms with Gasteiger partial charge in [-0.2, -0.15) is 10.4 Å². The normalized spacial score (nSPS) is 16.9. The molecule has 1 aliphatic heterocycles. The third-order valence-corrected chi connectivity index (χ3v) is 6.74. The van der Waals surface area contributed by atoms with E-state index in [4.69, 9.17) is 5.26 Å². The fourth-order valence-electron chi connectivity index (χ4n) is 4.50. The maximum Gasteiger partial charge on any atom is 0.255 e. The van der Waals surface area contributed by atoms with Gasteiger partial charge in [0.25, 0.3) is 5.91 Å². The van der Waals surface area contributed by atoms with Gasteiger partial charge >= 0.3 is 0 Å². The van der Waals surface area contributed by atoms with Crippen LogP contribution in [0.5, 0.6) is 5.75 Å². The number of rotatable bonds is 4. The molecular formula is C25H26N6O2. The second kappa shape index (κ2) is 8.68. The van der Waals surface area contributed by atoms with Gasteiger partial charge in [0.15, 0.2) is 11.6 Å². The molecule has 2 fully saturated rings. The van der Waals surface area contributed by atoms with Crippen molar-refractivity contribution in [2.75, 3.05) is 26.2 Å². The molecule has 5 rings (SSSR count). The van der Waals surface area contributed by atoms with Crippen LogP contribution in [0, 0.1) is 18.3 Å². The van der Waals surface area contributed by atoms with Gasteiger partial charge in [0.1, 0.15) is 5.69 Å². The first-order chi connectivity index (χ1) is 16.0. The molecule has 1 aliphatic carbocycles. The van der Waals surface area contributed by atoms with Gasteiger partial charge in [0, 0.05) is 44.0 Å². The van der Waals surface area contributed by atoms with Crippen molar-refractivity contribution in [3.05, 3.63) is 59.4 Å². The molecule has 1 saturated carbocycles. The molecule has 0 spiro atoms. The standard InChI is InChI=1S/C25H26N6O2/c1-17-13-18(5-6-19(17)14-26)24-22(32)16-31(28-24)23-8-7-20(15-27-23)25(33)30-11-9-29(10-12-30)21-3-2-4-21/h5-8,13,15-16,21,32H,2-4,9-12H2,1H3. The van der Waals surface area contributed by atoms with Crippen molar-refractivity contribution in [1.29, 1.82) is 5.26 Å². The number of amides is 1. The predicted molar refractivity (Wildman–Crippen MR) is 123 cm³/mol. The first kappa shape index (κ1) is 21.2. The van der Waals surface area contributed by atoms with Crippen LogP contribution < -0.4 is 0 Å². The Morgan fingerprint density at radius 3 is 2.55 bits per heavy atom. The zero-order valence-electron chi connectivity index (χ0n) is 18.6. The largest absolute Gasteiger partial charge is 0.504 e. The van der Waals surface area contributed by atoms with E-state index in [2.05, 4.69) is 21.1 Å². The minimum Gasteiger partial charge on any atom is -0.504 e. The molecule has 1 amide bonds. The number of pyridine rings is 1. The number of carbonyl (C=O) groups is 1. The topological polar surface area (TPSA) is 98.3 Å². The van der Waals surface area contributed by atoms with E-state index in [1.54, 1.807) is 30.5 Å². The van der Waals surface area contributed by atoms with E-state index in [-0.39, 0.29) is 11.7 Å². The number of hydrogen-bond donors (Lipinski definition) is 1. The third kappa shape index (κ3) is 4.08. The average Bonchev–Trinajstić information content (AvgIpc) is 3.19. The fraction of sp³-hybridized carbons (Fsp3) is 0.360. The van der Waals surface area contributed by atoms with Crippen molar-refractivity contribution in [3.63, 3.8) is 0 Å². The highest BCUT2D eigenvalue weighted by atomic mass is 16.3. The summed E-state index contributed by atoms with van der Waals surface area (Å²) in [6, 6.07) is 11.6. The molecule has 0 unspecified atom stereocenters. The Hall–Kier alpha value is -3.70. The van der Waals surface area contributed by atoms with Crippen LogP contribution in [0.1, 0.15) is 40.7 Å². The van der Waals surface area contributed by atoms with Gasteiger partial charge in [0.2, 0.25) is 0 Å². The lowest BCUT2D eigenvalue weighted by Crippen LogP contribution is -2.53. The first-order valence-electron chi connectivity index (χ1n) is 11.3. The van der Waals surface area contributed by atoms with Crippen molar-refractivity contribution in [2.45, 2.75) is 32.2 Å². The number of benzene rings is 1. The monoisotopic (exact) mass is 442 g/mol. The summed E-state index contributed by atoms with van der Waals surface area (Å²) in [6.45, 7) is 5.22. The third-order valence-electron chi connectivity index (χ3n) is 6.74. The van der Waals surface area contributed by atoms with E-state index in [1.165, 1.54) is 30.1 Å². The molecule has 2 aromatic heterocycles. The van der Waals surface area contributed by atoms with Crippen LogP contribution in [0.2, 0.25) is 0 Å². The minimum atomic E-state index is -0.000584. The SMILES string of the molecule is Cc1cc(-c2nn(-c3ccc(C(=O)N4CCN(C5CCC5)CC4)cn3)cc2O)ccc1C#N. The van der Waals surface area contributed by atoms with Crippen LogP contribution in [0.4, 0.5) is 0 Å². The Labute approximate surface area is 192 Å². The van der Waals surface area contributed by atoms with Crippen molar-refractivity contribution >= 4 is 5.91 Å². The summed E-state index contributed by atoms with van der Waals surface area (Å²) in [5.41, 5.74) is 3.09. The van der Waals surface area contributed by atoms with E-state index in [1.807, 2.05) is 17.9 Å². The lowest BCUT2D eigenvalue weighted by atomic mass is 9.91. The van der Waals surface area contributed by atoms with Gasteiger partial charge in [-0.1, -0.05) is 12.5 Å². The maximum atomic E-state index is 12.9. The lowest BCUT2D eigenvalue weighted by molar-refractivity contribution is 0.0455. The van der Waals surface area contributed by atoms with Gasteiger partial charge in [-0.25, -0.2) is 9.67 Å². The van der Waals surface area contributed by atoms with E-state index >= 15 is 0 Å². The number of nitrogens with zero attached hydrogens (tertiary/aromatic N) is 6. The molecule has 168 valence electrons. The number of aromatic hydroxyl groups is 1. The van der Waals surface area contributed by atoms with E-state index in [0.29, 0.717) is 28.7 Å². The molecular weight excluding hydrogens is 416 g/mol. The number of aryl methyl sites for hydroxylation is 1. The minimum absolute atomic E-state index is 0.000584. The predicted octanol–water partition coefficient (Wildman–Crippen LogP) is 3.13. The second-order valence-corrected chi connectivity index (χ2v) is 8.77. The van der Waals surface area contributed by atoms with Gasteiger partial charge in [0.05, 0.1) is 23.4 Å². The van der Waals surface area contributed by atoms with Gasteiger partial charge in [-0.15, -0.1) is 0 Å². The summed E-state index contributed by atoms with van der Waals surface area (Å²) in [5, 5.41) is 24.0. The first-order valence-corrected chi connectivity index (χ1v) is 11.3. The maximum absolute atomic E-state index is 12.9. The fourth-order valence-corrected chi connectivity index (χ4v) is 4.50. The highest BCUT2D eigenvalue weighted by Gasteiger charge is 2.29. The van der Waals surface area contributed by atoms with Crippen molar-refractivity contribution in [1.82, 2.24) is 24.6 Å². The van der Waals surface area contributed by atoms with Crippen LogP contribution in [0.25, 0.3) is 17.1 Å². The van der Waals surface area contributed by atoms with E-state index < -0.39 is 0 Å². The van der Waals surface area contributed by atoms with Crippen molar-refractivity contribution in [2.24, 2.45) is 0 Å². The summed E-state index contributed by atoms with van der Waals surface area (Å²) in [4.78, 5) is 21.7. The molecule has 1 aromatic carbocycles. The zero-order chi connectivity index (χ0) is 22.9. The molecule has 8 nitrogen and oxygen atoms in total. The number of carbonyl (C=O) groups excluding carboxylic acids is 1. The highest BCUT2D eigenvalue weighted by Crippen LogP contribution is 2.30. The molecule has 1 N–H and O–H groups in total. The Morgan fingerprint density at radius 2 is 1.94 bits per heavy atom. The van der Waals surface area contributed by atoms with Crippen molar-refractivity contribution < 1.29 is 9.90 Å². The molecule has 8 heteroatoms. The molecule has 3 heterocycles. The van der Waals surface area contributed by atoms with E-state index in [9.17, 15) is 9.90 Å². The number of hydrogen-bond acceptors (Lipinski definition) is 6. The molecule has 0 bridgehead atoms. The second-order valence-electron chi connectivity index (χ2n) is 8.77.